The minimum atomic E-state index is -0.356. The number of anilines is 1. The van der Waals surface area contributed by atoms with Crippen LogP contribution in [-0.2, 0) is 14.3 Å². The number of halogens is 2. The predicted molar refractivity (Wildman–Crippen MR) is 157 cm³/mol. The monoisotopic (exact) mass is 578 g/mol. The van der Waals surface area contributed by atoms with Crippen LogP contribution in [0.1, 0.15) is 21.9 Å². The van der Waals surface area contributed by atoms with Crippen molar-refractivity contribution in [1.82, 2.24) is 15.1 Å². The average Bonchev–Trinajstić information content (AvgIpc) is 3.27. The number of nitrogens with one attached hydrogen (secondary N) is 1. The number of hydrogen-bond acceptors (Lipinski definition) is 5. The van der Waals surface area contributed by atoms with Gasteiger partial charge < -0.3 is 10.1 Å². The molecule has 0 saturated heterocycles. The Hall–Kier alpha value is -3.66. The van der Waals surface area contributed by atoms with Crippen molar-refractivity contribution < 1.29 is 18.7 Å². The van der Waals surface area contributed by atoms with Gasteiger partial charge in [-0.1, -0.05) is 53.6 Å². The van der Waals surface area contributed by atoms with Crippen molar-refractivity contribution in [2.24, 2.45) is 0 Å². The van der Waals surface area contributed by atoms with Crippen molar-refractivity contribution in [3.8, 4) is 16.9 Å². The highest BCUT2D eigenvalue weighted by Gasteiger charge is 2.37. The average molecular weight is 579 g/mol. The topological polar surface area (TPSA) is 76.5 Å². The first-order chi connectivity index (χ1) is 19.4. The minimum Gasteiger partial charge on any atom is -0.383 e. The number of thioether (sulfide) groups is 1. The molecular weight excluding hydrogens is 551 g/mol. The van der Waals surface area contributed by atoms with Gasteiger partial charge in [-0.2, -0.15) is 5.10 Å². The largest absolute Gasteiger partial charge is 0.383 e. The number of amides is 2. The number of aromatic nitrogens is 2. The molecule has 1 aliphatic rings. The lowest BCUT2D eigenvalue weighted by molar-refractivity contribution is -0.123. The maximum Gasteiger partial charge on any atom is 0.240 e. The number of aryl methyl sites for hydroxylation is 1. The summed E-state index contributed by atoms with van der Waals surface area (Å²) in [6.45, 7) is 2.48. The van der Waals surface area contributed by atoms with Gasteiger partial charge >= 0.3 is 0 Å². The van der Waals surface area contributed by atoms with Gasteiger partial charge in [-0.3, -0.25) is 14.5 Å². The summed E-state index contributed by atoms with van der Waals surface area (Å²) in [5.41, 5.74) is 4.85. The second kappa shape index (κ2) is 12.2. The van der Waals surface area contributed by atoms with E-state index < -0.39 is 0 Å². The van der Waals surface area contributed by atoms with Gasteiger partial charge in [0.1, 0.15) is 18.2 Å². The minimum absolute atomic E-state index is 0.121. The molecule has 3 aromatic carbocycles. The summed E-state index contributed by atoms with van der Waals surface area (Å²) in [4.78, 5) is 28.2. The van der Waals surface area contributed by atoms with E-state index in [4.69, 9.17) is 21.4 Å². The third-order valence-electron chi connectivity index (χ3n) is 6.59. The number of benzene rings is 3. The lowest BCUT2D eigenvalue weighted by Gasteiger charge is -2.23. The van der Waals surface area contributed by atoms with Crippen LogP contribution in [0.15, 0.2) is 72.8 Å². The molecule has 1 aromatic heterocycles. The Labute approximate surface area is 241 Å². The van der Waals surface area contributed by atoms with Crippen LogP contribution < -0.4 is 10.2 Å². The van der Waals surface area contributed by atoms with Crippen LogP contribution in [0, 0.1) is 12.7 Å². The molecule has 1 N–H and O–H groups in total. The fourth-order valence-electron chi connectivity index (χ4n) is 4.60. The van der Waals surface area contributed by atoms with E-state index in [-0.39, 0.29) is 35.2 Å². The molecule has 2 amide bonds. The molecule has 0 radical (unpaired) electrons. The van der Waals surface area contributed by atoms with E-state index in [2.05, 4.69) is 5.32 Å². The molecule has 40 heavy (non-hydrogen) atoms. The molecule has 0 spiro atoms. The van der Waals surface area contributed by atoms with Gasteiger partial charge in [-0.25, -0.2) is 9.07 Å². The van der Waals surface area contributed by atoms with Crippen LogP contribution in [0.2, 0.25) is 5.02 Å². The van der Waals surface area contributed by atoms with E-state index in [0.717, 1.165) is 27.9 Å². The number of methoxy groups -OCH3 is 1. The molecule has 4 aromatic rings. The zero-order chi connectivity index (χ0) is 28.2. The molecule has 1 atom stereocenters. The maximum atomic E-state index is 13.9. The van der Waals surface area contributed by atoms with Crippen LogP contribution in [0.4, 0.5) is 10.2 Å². The molecule has 7 nitrogen and oxygen atoms in total. The van der Waals surface area contributed by atoms with Gasteiger partial charge in [0.15, 0.2) is 0 Å². The lowest BCUT2D eigenvalue weighted by atomic mass is 9.99. The highest BCUT2D eigenvalue weighted by molar-refractivity contribution is 8.00. The Morgan fingerprint density at radius 2 is 1.80 bits per heavy atom. The molecule has 206 valence electrons. The second-order valence-electron chi connectivity index (χ2n) is 9.41. The molecule has 5 rings (SSSR count). The summed E-state index contributed by atoms with van der Waals surface area (Å²) in [7, 11) is 1.56. The molecule has 0 saturated carbocycles. The first-order valence-corrected chi connectivity index (χ1v) is 14.2. The summed E-state index contributed by atoms with van der Waals surface area (Å²) < 4.78 is 20.7. The Balaban J connectivity index is 1.75. The van der Waals surface area contributed by atoms with Crippen molar-refractivity contribution in [2.45, 2.75) is 12.2 Å². The number of fused-ring (bicyclic) bond motifs is 1. The zero-order valence-electron chi connectivity index (χ0n) is 22.1. The van der Waals surface area contributed by atoms with Gasteiger partial charge in [0, 0.05) is 29.8 Å². The number of carbonyl (C=O) groups is 2. The molecule has 0 bridgehead atoms. The predicted octanol–water partition coefficient (Wildman–Crippen LogP) is 5.57. The summed E-state index contributed by atoms with van der Waals surface area (Å²) in [5, 5.41) is 8.08. The second-order valence-corrected chi connectivity index (χ2v) is 10.9. The Kier molecular flexibility index (Phi) is 8.54. The van der Waals surface area contributed by atoms with Crippen LogP contribution in [0.5, 0.6) is 0 Å². The third-order valence-corrected chi connectivity index (χ3v) is 8.09. The fraction of sp³-hybridized carbons (Fsp3) is 0.233. The van der Waals surface area contributed by atoms with E-state index in [9.17, 15) is 14.0 Å². The normalized spacial score (nSPS) is 15.1. The van der Waals surface area contributed by atoms with Crippen molar-refractivity contribution in [3.05, 3.63) is 100 Å². The van der Waals surface area contributed by atoms with E-state index in [1.165, 1.54) is 28.8 Å². The SMILES string of the molecule is COCCNC(=O)CN1C(=O)CS[C@@H](c2ccc(F)cc2)c2c(-c3ccc(Cl)cc3)nn(-c3ccc(C)cc3)c21. The van der Waals surface area contributed by atoms with E-state index >= 15 is 0 Å². The van der Waals surface area contributed by atoms with Crippen molar-refractivity contribution >= 4 is 41.0 Å². The molecule has 0 aliphatic carbocycles. The maximum absolute atomic E-state index is 13.9. The molecule has 10 heteroatoms. The van der Waals surface area contributed by atoms with E-state index in [1.54, 1.807) is 36.1 Å². The number of ether oxygens (including phenoxy) is 1. The summed E-state index contributed by atoms with van der Waals surface area (Å²) in [5.74, 6) is -0.267. The Bertz CT molecular complexity index is 1510. The smallest absolute Gasteiger partial charge is 0.240 e. The van der Waals surface area contributed by atoms with Crippen molar-refractivity contribution in [2.75, 3.05) is 37.5 Å². The fourth-order valence-corrected chi connectivity index (χ4v) is 5.92. The van der Waals surface area contributed by atoms with Gasteiger partial charge in [0.05, 0.1) is 29.0 Å². The molecule has 0 unspecified atom stereocenters. The van der Waals surface area contributed by atoms with Crippen molar-refractivity contribution in [1.29, 1.82) is 0 Å². The van der Waals surface area contributed by atoms with Gasteiger partial charge in [-0.15, -0.1) is 11.8 Å². The standard InChI is InChI=1S/C30H28ClFN4O3S/c1-19-3-13-24(14-4-19)36-30-27(28(34-36)20-5-9-22(31)10-6-20)29(21-7-11-23(32)12-8-21)40-18-26(38)35(30)17-25(37)33-15-16-39-2/h3-14,29H,15-18H2,1-2H3,(H,33,37)/t29-/m0/s1. The summed E-state index contributed by atoms with van der Waals surface area (Å²) in [6, 6.07) is 21.4. The van der Waals surface area contributed by atoms with E-state index in [0.29, 0.717) is 29.7 Å². The molecule has 2 heterocycles. The van der Waals surface area contributed by atoms with Crippen LogP contribution >= 0.6 is 23.4 Å². The van der Waals surface area contributed by atoms with Crippen molar-refractivity contribution in [3.63, 3.8) is 0 Å². The first-order valence-electron chi connectivity index (χ1n) is 12.7. The van der Waals surface area contributed by atoms with Gasteiger partial charge in [0.2, 0.25) is 11.8 Å². The summed E-state index contributed by atoms with van der Waals surface area (Å²) >= 11 is 7.63. The number of hydrogen-bond donors (Lipinski definition) is 1. The highest BCUT2D eigenvalue weighted by atomic mass is 35.5. The Morgan fingerprint density at radius 3 is 2.48 bits per heavy atom. The van der Waals surface area contributed by atoms with Gasteiger partial charge in [-0.05, 0) is 48.9 Å². The molecule has 1 aliphatic heterocycles. The van der Waals surface area contributed by atoms with Crippen LogP contribution in [0.3, 0.4) is 0 Å². The Morgan fingerprint density at radius 1 is 1.10 bits per heavy atom. The zero-order valence-corrected chi connectivity index (χ0v) is 23.6. The molecule has 0 fully saturated rings. The molecular formula is C30H28ClFN4O3S. The highest BCUT2D eigenvalue weighted by Crippen LogP contribution is 2.48. The van der Waals surface area contributed by atoms with Crippen LogP contribution in [0.25, 0.3) is 16.9 Å². The van der Waals surface area contributed by atoms with Gasteiger partial charge in [0.25, 0.3) is 0 Å². The summed E-state index contributed by atoms with van der Waals surface area (Å²) in [6.07, 6.45) is 0. The third kappa shape index (κ3) is 5.91. The number of carbonyl (C=O) groups excluding carboxylic acids is 2. The number of nitrogens with zero attached hydrogens (tertiary/aromatic N) is 3. The number of rotatable bonds is 8. The lowest BCUT2D eigenvalue weighted by Crippen LogP contribution is -2.43. The first kappa shape index (κ1) is 27.9. The van der Waals surface area contributed by atoms with E-state index in [1.807, 2.05) is 43.3 Å². The quantitative estimate of drug-likeness (QED) is 0.277. The van der Waals surface area contributed by atoms with Crippen LogP contribution in [-0.4, -0.2) is 54.2 Å².